The molecule has 13 heavy (non-hydrogen) atoms. The molecule has 2 heteroatoms. The highest BCUT2D eigenvalue weighted by Crippen LogP contribution is 2.40. The first kappa shape index (κ1) is 8.54. The molecule has 0 aromatic rings. The third-order valence-electron chi connectivity index (χ3n) is 3.15. The van der Waals surface area contributed by atoms with Crippen LogP contribution in [0.1, 0.15) is 25.7 Å². The summed E-state index contributed by atoms with van der Waals surface area (Å²) in [6, 6.07) is 0. The second-order valence-corrected chi connectivity index (χ2v) is 3.90. The molecule has 0 unspecified atom stereocenters. The molecule has 0 aromatic carbocycles. The van der Waals surface area contributed by atoms with Crippen molar-refractivity contribution in [1.29, 1.82) is 0 Å². The molecular formula is C11H15NO. The Labute approximate surface area is 78.9 Å². The summed E-state index contributed by atoms with van der Waals surface area (Å²) < 4.78 is 0. The van der Waals surface area contributed by atoms with Crippen LogP contribution in [0.4, 0.5) is 0 Å². The van der Waals surface area contributed by atoms with Gasteiger partial charge in [-0.3, -0.25) is 4.79 Å². The second-order valence-electron chi connectivity index (χ2n) is 3.90. The Morgan fingerprint density at radius 1 is 1.54 bits per heavy atom. The number of amides is 1. The van der Waals surface area contributed by atoms with Gasteiger partial charge in [0.15, 0.2) is 0 Å². The van der Waals surface area contributed by atoms with Gasteiger partial charge in [-0.15, -0.1) is 6.58 Å². The predicted octanol–water partition coefficient (Wildman–Crippen LogP) is 1.88. The Bertz CT molecular complexity index is 259. The minimum Gasteiger partial charge on any atom is -0.333 e. The van der Waals surface area contributed by atoms with Gasteiger partial charge in [-0.05, 0) is 19.3 Å². The minimum absolute atomic E-state index is 0.130. The van der Waals surface area contributed by atoms with Crippen LogP contribution in [0.2, 0.25) is 0 Å². The molecule has 0 bridgehead atoms. The van der Waals surface area contributed by atoms with Gasteiger partial charge >= 0.3 is 0 Å². The summed E-state index contributed by atoms with van der Waals surface area (Å²) in [7, 11) is 0. The van der Waals surface area contributed by atoms with Gasteiger partial charge in [0.2, 0.25) is 5.91 Å². The number of rotatable bonds is 2. The molecule has 1 amide bonds. The molecule has 0 aromatic heterocycles. The fourth-order valence-corrected chi connectivity index (χ4v) is 2.41. The summed E-state index contributed by atoms with van der Waals surface area (Å²) in [4.78, 5) is 13.6. The summed E-state index contributed by atoms with van der Waals surface area (Å²) in [6.45, 7) is 4.41. The topological polar surface area (TPSA) is 20.3 Å². The lowest BCUT2D eigenvalue weighted by atomic mass is 9.93. The van der Waals surface area contributed by atoms with Crippen LogP contribution < -0.4 is 0 Å². The number of carbonyl (C=O) groups is 1. The van der Waals surface area contributed by atoms with E-state index in [4.69, 9.17) is 0 Å². The van der Waals surface area contributed by atoms with E-state index in [9.17, 15) is 4.79 Å². The number of nitrogens with zero attached hydrogens (tertiary/aromatic N) is 1. The Balaban J connectivity index is 2.18. The van der Waals surface area contributed by atoms with Gasteiger partial charge < -0.3 is 4.90 Å². The van der Waals surface area contributed by atoms with Crippen LogP contribution in [-0.4, -0.2) is 22.9 Å². The standard InChI is InChI=1S/C11H15NO/c1-2-9-12-10(13)5-8-11(12)6-3-4-7-11/h2-4H,1,5-9H2. The van der Waals surface area contributed by atoms with Gasteiger partial charge in [-0.2, -0.15) is 0 Å². The van der Waals surface area contributed by atoms with Gasteiger partial charge in [-0.25, -0.2) is 0 Å². The highest BCUT2D eigenvalue weighted by molar-refractivity contribution is 5.80. The van der Waals surface area contributed by atoms with E-state index in [1.807, 2.05) is 11.0 Å². The number of carbonyl (C=O) groups excluding carboxylic acids is 1. The van der Waals surface area contributed by atoms with Crippen molar-refractivity contribution in [2.24, 2.45) is 0 Å². The van der Waals surface area contributed by atoms with Crippen molar-refractivity contribution >= 4 is 5.91 Å². The van der Waals surface area contributed by atoms with Crippen LogP contribution >= 0.6 is 0 Å². The number of hydrogen-bond donors (Lipinski definition) is 0. The highest BCUT2D eigenvalue weighted by atomic mass is 16.2. The molecule has 2 rings (SSSR count). The molecule has 1 aliphatic carbocycles. The molecule has 1 aliphatic heterocycles. The summed E-state index contributed by atoms with van der Waals surface area (Å²) >= 11 is 0. The third-order valence-corrected chi connectivity index (χ3v) is 3.15. The fraction of sp³-hybridized carbons (Fsp3) is 0.545. The van der Waals surface area contributed by atoms with E-state index in [2.05, 4.69) is 18.7 Å². The lowest BCUT2D eigenvalue weighted by molar-refractivity contribution is -0.130. The molecule has 1 fully saturated rings. The Hall–Kier alpha value is -1.05. The summed E-state index contributed by atoms with van der Waals surface area (Å²) in [5.41, 5.74) is 0.130. The summed E-state index contributed by atoms with van der Waals surface area (Å²) in [5, 5.41) is 0. The first-order valence-corrected chi connectivity index (χ1v) is 4.85. The maximum absolute atomic E-state index is 11.6. The van der Waals surface area contributed by atoms with E-state index >= 15 is 0 Å². The zero-order valence-electron chi connectivity index (χ0n) is 7.83. The van der Waals surface area contributed by atoms with E-state index in [1.54, 1.807) is 0 Å². The van der Waals surface area contributed by atoms with Gasteiger partial charge in [0, 0.05) is 13.0 Å². The average Bonchev–Trinajstić information content (AvgIpc) is 2.69. The predicted molar refractivity (Wildman–Crippen MR) is 52.2 cm³/mol. The molecule has 0 N–H and O–H groups in total. The second kappa shape index (κ2) is 3.02. The zero-order valence-corrected chi connectivity index (χ0v) is 7.83. The van der Waals surface area contributed by atoms with Gasteiger partial charge in [0.05, 0.1) is 5.54 Å². The fourth-order valence-electron chi connectivity index (χ4n) is 2.41. The van der Waals surface area contributed by atoms with Gasteiger partial charge in [0.1, 0.15) is 0 Å². The van der Waals surface area contributed by atoms with Crippen LogP contribution in [0.5, 0.6) is 0 Å². The van der Waals surface area contributed by atoms with Crippen molar-refractivity contribution in [3.8, 4) is 0 Å². The van der Waals surface area contributed by atoms with Crippen LogP contribution in [0, 0.1) is 0 Å². The van der Waals surface area contributed by atoms with Crippen molar-refractivity contribution in [1.82, 2.24) is 4.90 Å². The monoisotopic (exact) mass is 177 g/mol. The van der Waals surface area contributed by atoms with E-state index < -0.39 is 0 Å². The molecule has 0 radical (unpaired) electrons. The van der Waals surface area contributed by atoms with E-state index in [0.29, 0.717) is 12.5 Å². The summed E-state index contributed by atoms with van der Waals surface area (Å²) in [6.07, 6.45) is 10.0. The SMILES string of the molecule is C=CCN1C(=O)CCC12CC=CC2. The Morgan fingerprint density at radius 2 is 2.23 bits per heavy atom. The molecule has 1 heterocycles. The molecule has 2 nitrogen and oxygen atoms in total. The molecular weight excluding hydrogens is 162 g/mol. The van der Waals surface area contributed by atoms with Gasteiger partial charge in [-0.1, -0.05) is 18.2 Å². The van der Waals surface area contributed by atoms with Crippen LogP contribution in [0.25, 0.3) is 0 Å². The summed E-state index contributed by atoms with van der Waals surface area (Å²) in [5.74, 6) is 0.295. The number of hydrogen-bond acceptors (Lipinski definition) is 1. The highest BCUT2D eigenvalue weighted by Gasteiger charge is 2.44. The largest absolute Gasteiger partial charge is 0.333 e. The van der Waals surface area contributed by atoms with Crippen molar-refractivity contribution in [2.75, 3.05) is 6.54 Å². The Kier molecular flexibility index (Phi) is 1.98. The average molecular weight is 177 g/mol. The van der Waals surface area contributed by atoms with Crippen molar-refractivity contribution in [3.63, 3.8) is 0 Å². The van der Waals surface area contributed by atoms with E-state index in [0.717, 1.165) is 25.7 Å². The van der Waals surface area contributed by atoms with Crippen molar-refractivity contribution in [3.05, 3.63) is 24.8 Å². The maximum Gasteiger partial charge on any atom is 0.223 e. The lowest BCUT2D eigenvalue weighted by Crippen LogP contribution is -2.43. The van der Waals surface area contributed by atoms with E-state index in [-0.39, 0.29) is 5.54 Å². The molecule has 70 valence electrons. The van der Waals surface area contributed by atoms with Gasteiger partial charge in [0.25, 0.3) is 0 Å². The molecule has 1 spiro atoms. The molecule has 0 atom stereocenters. The molecule has 0 saturated carbocycles. The normalized spacial score (nSPS) is 24.6. The van der Waals surface area contributed by atoms with Crippen LogP contribution in [0.3, 0.4) is 0 Å². The first-order valence-electron chi connectivity index (χ1n) is 4.85. The van der Waals surface area contributed by atoms with Crippen molar-refractivity contribution in [2.45, 2.75) is 31.2 Å². The lowest BCUT2D eigenvalue weighted by Gasteiger charge is -2.34. The minimum atomic E-state index is 0.130. The third kappa shape index (κ3) is 1.21. The Morgan fingerprint density at radius 3 is 2.85 bits per heavy atom. The smallest absolute Gasteiger partial charge is 0.223 e. The molecule has 2 aliphatic rings. The molecule has 1 saturated heterocycles. The van der Waals surface area contributed by atoms with E-state index in [1.165, 1.54) is 0 Å². The first-order chi connectivity index (χ1) is 6.28. The zero-order chi connectivity index (χ0) is 9.31. The quantitative estimate of drug-likeness (QED) is 0.590. The van der Waals surface area contributed by atoms with Crippen LogP contribution in [0.15, 0.2) is 24.8 Å². The maximum atomic E-state index is 11.6. The number of likely N-dealkylation sites (tertiary alicyclic amines) is 1. The van der Waals surface area contributed by atoms with Crippen molar-refractivity contribution < 1.29 is 4.79 Å². The van der Waals surface area contributed by atoms with Crippen LogP contribution in [-0.2, 0) is 4.79 Å².